The average Bonchev–Trinajstić information content (AvgIpc) is 3.85. The number of ether oxygens (including phenoxy) is 1. The number of aromatic amines is 1. The number of aryl methyl sites for hydroxylation is 1. The summed E-state index contributed by atoms with van der Waals surface area (Å²) in [6.45, 7) is -0.186. The molecule has 15 nitrogen and oxygen atoms in total. The lowest BCUT2D eigenvalue weighted by Gasteiger charge is -2.31. The summed E-state index contributed by atoms with van der Waals surface area (Å²) in [4.78, 5) is 87.8. The number of carbonyl (C=O) groups excluding carboxylic acids is 3. The van der Waals surface area contributed by atoms with Crippen LogP contribution in [-0.4, -0.2) is 76.6 Å². The van der Waals surface area contributed by atoms with E-state index in [2.05, 4.69) is 15.3 Å². The van der Waals surface area contributed by atoms with Crippen molar-refractivity contribution in [3.8, 4) is 0 Å². The van der Waals surface area contributed by atoms with Gasteiger partial charge < -0.3 is 19.4 Å². The van der Waals surface area contributed by atoms with Gasteiger partial charge in [-0.1, -0.05) is 30.3 Å². The minimum absolute atomic E-state index is 0.0185. The summed E-state index contributed by atoms with van der Waals surface area (Å²) in [6.07, 6.45) is 2.97. The third-order valence-electron chi connectivity index (χ3n) is 9.74. The second kappa shape index (κ2) is 11.2. The van der Waals surface area contributed by atoms with Crippen LogP contribution in [0.2, 0.25) is 0 Å². The van der Waals surface area contributed by atoms with Crippen LogP contribution in [0.4, 0.5) is 0 Å². The SMILES string of the molecule is COC(=O)c1ccc(C2NC(Cc3c[nH]c4ccccc34)(C(=O)O)C3C(=O)N(CCn4cnc5c4c(=O)n(C)c(=O)n5C)C(=O)C23)cc1. The van der Waals surface area contributed by atoms with Gasteiger partial charge in [-0.05, 0) is 29.3 Å². The van der Waals surface area contributed by atoms with Gasteiger partial charge in [0.2, 0.25) is 11.8 Å². The van der Waals surface area contributed by atoms with E-state index >= 15 is 0 Å². The Labute approximate surface area is 271 Å². The Kier molecular flexibility index (Phi) is 7.16. The molecule has 3 aromatic heterocycles. The first-order valence-electron chi connectivity index (χ1n) is 15.2. The molecule has 3 N–H and O–H groups in total. The predicted molar refractivity (Wildman–Crippen MR) is 170 cm³/mol. The number of methoxy groups -OCH3 is 1. The van der Waals surface area contributed by atoms with Crippen molar-refractivity contribution in [1.29, 1.82) is 0 Å². The highest BCUT2D eigenvalue weighted by Gasteiger charge is 2.68. The number of hydrogen-bond acceptors (Lipinski definition) is 9. The minimum Gasteiger partial charge on any atom is -0.480 e. The highest BCUT2D eigenvalue weighted by molar-refractivity contribution is 6.09. The highest BCUT2D eigenvalue weighted by atomic mass is 16.5. The third kappa shape index (κ3) is 4.41. The highest BCUT2D eigenvalue weighted by Crippen LogP contribution is 2.50. The zero-order valence-electron chi connectivity index (χ0n) is 26.2. The Morgan fingerprint density at radius 1 is 0.979 bits per heavy atom. The number of carbonyl (C=O) groups is 4. The second-order valence-electron chi connectivity index (χ2n) is 12.2. The van der Waals surface area contributed by atoms with Crippen LogP contribution >= 0.6 is 0 Å². The average molecular weight is 654 g/mol. The fraction of sp³-hybridized carbons (Fsp3) is 0.303. The lowest BCUT2D eigenvalue weighted by Crippen LogP contribution is -2.57. The topological polar surface area (TPSA) is 191 Å². The summed E-state index contributed by atoms with van der Waals surface area (Å²) in [5, 5.41) is 14.9. The van der Waals surface area contributed by atoms with Gasteiger partial charge in [-0.15, -0.1) is 0 Å². The number of likely N-dealkylation sites (tertiary alicyclic amines) is 1. The Balaban J connectivity index is 1.29. The summed E-state index contributed by atoms with van der Waals surface area (Å²) < 4.78 is 8.46. The summed E-state index contributed by atoms with van der Waals surface area (Å²) in [5.41, 5.74) is -0.475. The van der Waals surface area contributed by atoms with Gasteiger partial charge in [-0.3, -0.25) is 38.5 Å². The van der Waals surface area contributed by atoms with Crippen molar-refractivity contribution in [3.63, 3.8) is 0 Å². The molecule has 4 atom stereocenters. The maximum atomic E-state index is 14.3. The van der Waals surface area contributed by atoms with Gasteiger partial charge in [-0.2, -0.15) is 0 Å². The third-order valence-corrected chi connectivity index (χ3v) is 9.74. The molecule has 2 aromatic carbocycles. The van der Waals surface area contributed by atoms with Crippen LogP contribution in [0.1, 0.15) is 27.5 Å². The fourth-order valence-electron chi connectivity index (χ4n) is 7.30. The largest absolute Gasteiger partial charge is 0.480 e. The number of aromatic nitrogens is 5. The molecule has 2 amide bonds. The van der Waals surface area contributed by atoms with Crippen molar-refractivity contribution in [2.75, 3.05) is 13.7 Å². The molecular weight excluding hydrogens is 622 g/mol. The first-order valence-corrected chi connectivity index (χ1v) is 15.2. The van der Waals surface area contributed by atoms with Gasteiger partial charge in [0, 0.05) is 56.7 Å². The van der Waals surface area contributed by atoms with E-state index in [0.29, 0.717) is 11.1 Å². The van der Waals surface area contributed by atoms with Gasteiger partial charge in [0.05, 0.1) is 30.8 Å². The number of nitrogens with zero attached hydrogens (tertiary/aromatic N) is 5. The fourth-order valence-corrected chi connectivity index (χ4v) is 7.30. The molecule has 2 aliphatic rings. The van der Waals surface area contributed by atoms with Crippen molar-refractivity contribution in [2.45, 2.75) is 24.5 Å². The van der Waals surface area contributed by atoms with Crippen molar-refractivity contribution < 1.29 is 29.0 Å². The molecule has 2 fully saturated rings. The first kappa shape index (κ1) is 30.8. The number of H-pyrrole nitrogens is 1. The number of carboxylic acids is 1. The molecule has 2 saturated heterocycles. The van der Waals surface area contributed by atoms with Gasteiger partial charge in [-0.25, -0.2) is 14.6 Å². The maximum absolute atomic E-state index is 14.3. The number of hydrogen-bond donors (Lipinski definition) is 3. The Hall–Kier alpha value is -5.83. The second-order valence-corrected chi connectivity index (χ2v) is 12.2. The van der Waals surface area contributed by atoms with E-state index in [-0.39, 0.29) is 36.2 Å². The molecule has 0 radical (unpaired) electrons. The molecule has 15 heteroatoms. The van der Waals surface area contributed by atoms with Crippen molar-refractivity contribution in [1.82, 2.24) is 33.9 Å². The van der Waals surface area contributed by atoms with Crippen LogP contribution in [0, 0.1) is 11.8 Å². The molecule has 5 aromatic rings. The van der Waals surface area contributed by atoms with Crippen LogP contribution < -0.4 is 16.6 Å². The summed E-state index contributed by atoms with van der Waals surface area (Å²) in [7, 11) is 4.09. The van der Waals surface area contributed by atoms with Crippen molar-refractivity contribution in [3.05, 3.63) is 98.6 Å². The monoisotopic (exact) mass is 653 g/mol. The van der Waals surface area contributed by atoms with Gasteiger partial charge in [0.25, 0.3) is 5.56 Å². The molecule has 0 aliphatic carbocycles. The lowest BCUT2D eigenvalue weighted by atomic mass is 9.76. The molecule has 0 saturated carbocycles. The molecule has 0 spiro atoms. The molecule has 4 unspecified atom stereocenters. The number of imide groups is 1. The molecule has 2 aliphatic heterocycles. The van der Waals surface area contributed by atoms with Gasteiger partial charge in [0.1, 0.15) is 5.54 Å². The van der Waals surface area contributed by atoms with Gasteiger partial charge in [0.15, 0.2) is 11.2 Å². The number of fused-ring (bicyclic) bond motifs is 3. The molecule has 246 valence electrons. The van der Waals surface area contributed by atoms with E-state index in [1.54, 1.807) is 18.3 Å². The van der Waals surface area contributed by atoms with Gasteiger partial charge >= 0.3 is 17.6 Å². The number of para-hydroxylation sites is 1. The number of rotatable bonds is 8. The van der Waals surface area contributed by atoms with E-state index in [4.69, 9.17) is 4.74 Å². The van der Waals surface area contributed by atoms with Crippen molar-refractivity contribution >= 4 is 45.8 Å². The normalized spacial score (nSPS) is 22.1. The van der Waals surface area contributed by atoms with E-state index in [0.717, 1.165) is 20.4 Å². The van der Waals surface area contributed by atoms with Crippen LogP contribution in [0.15, 0.2) is 70.6 Å². The van der Waals surface area contributed by atoms with Crippen LogP contribution in [-0.2, 0) is 46.2 Å². The predicted octanol–water partition coefficient (Wildman–Crippen LogP) is 0.713. The zero-order chi connectivity index (χ0) is 34.1. The molecule has 48 heavy (non-hydrogen) atoms. The molecule has 5 heterocycles. The molecular formula is C33H31N7O8. The van der Waals surface area contributed by atoms with Crippen LogP contribution in [0.5, 0.6) is 0 Å². The van der Waals surface area contributed by atoms with E-state index in [9.17, 15) is 33.9 Å². The first-order chi connectivity index (χ1) is 23.0. The lowest BCUT2D eigenvalue weighted by molar-refractivity contribution is -0.151. The van der Waals surface area contributed by atoms with E-state index < -0.39 is 58.4 Å². The van der Waals surface area contributed by atoms with E-state index in [1.165, 1.54) is 48.8 Å². The molecule has 7 rings (SSSR count). The van der Waals surface area contributed by atoms with E-state index in [1.807, 2.05) is 24.3 Å². The smallest absolute Gasteiger partial charge is 0.337 e. The number of esters is 1. The number of amides is 2. The number of nitrogens with one attached hydrogen (secondary N) is 2. The summed E-state index contributed by atoms with van der Waals surface area (Å²) >= 11 is 0. The number of imidazole rings is 1. The quantitative estimate of drug-likeness (QED) is 0.159. The minimum atomic E-state index is -1.88. The summed E-state index contributed by atoms with van der Waals surface area (Å²) in [6, 6.07) is 12.8. The number of aliphatic carboxylic acids is 1. The Morgan fingerprint density at radius 3 is 2.42 bits per heavy atom. The number of carboxylic acid groups (broad SMARTS) is 1. The van der Waals surface area contributed by atoms with Crippen molar-refractivity contribution in [2.24, 2.45) is 25.9 Å². The Morgan fingerprint density at radius 2 is 1.71 bits per heavy atom. The zero-order valence-corrected chi connectivity index (χ0v) is 26.2. The standard InChI is InChI=1S/C33H31N7O8/c1-37-26-25(29(43)38(2)32(37)47)39(16-35-26)12-13-40-27(41)22-23(28(40)42)33(31(45)46,14-19-15-34-21-7-5-4-6-20(19)21)36-24(22)17-8-10-18(11-9-17)30(44)48-3/h4-11,15-16,22-24,34,36H,12-14H2,1-3H3,(H,45,46). The summed E-state index contributed by atoms with van der Waals surface area (Å²) in [5.74, 6) is -5.43. The molecule has 0 bridgehead atoms. The van der Waals surface area contributed by atoms with Crippen LogP contribution in [0.3, 0.4) is 0 Å². The maximum Gasteiger partial charge on any atom is 0.337 e. The van der Waals surface area contributed by atoms with Crippen LogP contribution in [0.25, 0.3) is 22.1 Å². The Bertz CT molecular complexity index is 2280. The number of benzene rings is 2.